The Hall–Kier alpha value is -0.870. The molecule has 0 radical (unpaired) electrons. The topological polar surface area (TPSA) is 41.3 Å². The van der Waals surface area contributed by atoms with Crippen LogP contribution >= 0.6 is 0 Å². The molecule has 1 saturated heterocycles. The molecule has 1 aromatic rings. The molecule has 1 aromatic heterocycles. The quantitative estimate of drug-likeness (QED) is 0.796. The second-order valence-corrected chi connectivity index (χ2v) is 5.17. The normalized spacial score (nSPS) is 25.2. The summed E-state index contributed by atoms with van der Waals surface area (Å²) in [7, 11) is 0. The fraction of sp³-hybridized carbons (Fsp3) is 0.727. The highest BCUT2D eigenvalue weighted by atomic mass is 16.3. The number of aromatic nitrogens is 2. The second-order valence-electron chi connectivity index (χ2n) is 5.17. The van der Waals surface area contributed by atoms with E-state index in [4.69, 9.17) is 0 Å². The lowest BCUT2D eigenvalue weighted by molar-refractivity contribution is -0.0878. The number of β-amino-alcohol motifs (C(OH)–C–C–N with tert-alkyl or cyclic N) is 1. The van der Waals surface area contributed by atoms with Crippen molar-refractivity contribution in [3.63, 3.8) is 0 Å². The highest BCUT2D eigenvalue weighted by Gasteiger charge is 2.37. The maximum absolute atomic E-state index is 9.64. The van der Waals surface area contributed by atoms with Gasteiger partial charge in [-0.2, -0.15) is 0 Å². The number of rotatable bonds is 3. The van der Waals surface area contributed by atoms with Gasteiger partial charge in [-0.25, -0.2) is 4.98 Å². The van der Waals surface area contributed by atoms with E-state index < -0.39 is 5.60 Å². The zero-order valence-electron chi connectivity index (χ0n) is 9.06. The summed E-state index contributed by atoms with van der Waals surface area (Å²) in [5.74, 6) is 0. The molecule has 0 bridgehead atoms. The van der Waals surface area contributed by atoms with E-state index in [0.29, 0.717) is 6.04 Å². The Labute approximate surface area is 89.5 Å². The van der Waals surface area contributed by atoms with E-state index in [0.717, 1.165) is 19.6 Å². The first-order valence-electron chi connectivity index (χ1n) is 5.59. The van der Waals surface area contributed by atoms with E-state index in [1.807, 2.05) is 19.4 Å². The van der Waals surface area contributed by atoms with Crippen molar-refractivity contribution in [3.8, 4) is 0 Å². The largest absolute Gasteiger partial charge is 0.388 e. The van der Waals surface area contributed by atoms with E-state index >= 15 is 0 Å². The molecule has 0 amide bonds. The molecule has 15 heavy (non-hydrogen) atoms. The van der Waals surface area contributed by atoms with Gasteiger partial charge in [0.15, 0.2) is 0 Å². The highest BCUT2D eigenvalue weighted by molar-refractivity contribution is 5.05. The van der Waals surface area contributed by atoms with Gasteiger partial charge in [-0.1, -0.05) is 0 Å². The van der Waals surface area contributed by atoms with Gasteiger partial charge in [0.25, 0.3) is 0 Å². The standard InChI is InChI=1S/C11H17N3O/c1-11(15)6-13(7-11)5-10-4-12-8-14(10)9-2-3-9/h4,8-9,15H,2-3,5-7H2,1H3. The number of nitrogens with zero attached hydrogens (tertiary/aromatic N) is 3. The van der Waals surface area contributed by atoms with Crippen molar-refractivity contribution in [1.29, 1.82) is 0 Å². The monoisotopic (exact) mass is 207 g/mol. The molecule has 0 spiro atoms. The van der Waals surface area contributed by atoms with Crippen LogP contribution in [-0.4, -0.2) is 38.2 Å². The number of imidazole rings is 1. The Bertz CT molecular complexity index is 360. The lowest BCUT2D eigenvalue weighted by Crippen LogP contribution is -2.59. The van der Waals surface area contributed by atoms with Gasteiger partial charge in [-0.15, -0.1) is 0 Å². The van der Waals surface area contributed by atoms with Crippen molar-refractivity contribution in [1.82, 2.24) is 14.5 Å². The third-order valence-electron chi connectivity index (χ3n) is 3.20. The highest BCUT2D eigenvalue weighted by Crippen LogP contribution is 2.36. The SMILES string of the molecule is CC1(O)CN(Cc2cncn2C2CC2)C1. The summed E-state index contributed by atoms with van der Waals surface area (Å²) in [6.07, 6.45) is 6.47. The van der Waals surface area contributed by atoms with Gasteiger partial charge in [0, 0.05) is 31.9 Å². The maximum atomic E-state index is 9.64. The predicted molar refractivity (Wildman–Crippen MR) is 56.4 cm³/mol. The van der Waals surface area contributed by atoms with Crippen LogP contribution in [0.1, 0.15) is 31.5 Å². The molecule has 1 N–H and O–H groups in total. The summed E-state index contributed by atoms with van der Waals surface area (Å²) in [6.45, 7) is 4.38. The van der Waals surface area contributed by atoms with Crippen LogP contribution in [0.15, 0.2) is 12.5 Å². The minimum absolute atomic E-state index is 0.468. The average molecular weight is 207 g/mol. The van der Waals surface area contributed by atoms with Gasteiger partial charge in [-0.3, -0.25) is 4.90 Å². The molecule has 3 rings (SSSR count). The first-order chi connectivity index (χ1) is 7.14. The summed E-state index contributed by atoms with van der Waals surface area (Å²) >= 11 is 0. The van der Waals surface area contributed by atoms with Crippen LogP contribution in [-0.2, 0) is 6.54 Å². The van der Waals surface area contributed by atoms with Crippen LogP contribution < -0.4 is 0 Å². The Balaban J connectivity index is 1.65. The van der Waals surface area contributed by atoms with E-state index in [1.54, 1.807) is 0 Å². The zero-order chi connectivity index (χ0) is 10.5. The molecule has 0 atom stereocenters. The molecule has 1 aliphatic carbocycles. The first-order valence-corrected chi connectivity index (χ1v) is 5.59. The number of hydrogen-bond acceptors (Lipinski definition) is 3. The molecule has 82 valence electrons. The average Bonchev–Trinajstić information content (AvgIpc) is 2.85. The van der Waals surface area contributed by atoms with Crippen LogP contribution in [0, 0.1) is 0 Å². The second kappa shape index (κ2) is 3.06. The first kappa shape index (κ1) is 9.36. The molecule has 0 aromatic carbocycles. The third kappa shape index (κ3) is 1.79. The minimum Gasteiger partial charge on any atom is -0.388 e. The Morgan fingerprint density at radius 3 is 2.87 bits per heavy atom. The minimum atomic E-state index is -0.468. The van der Waals surface area contributed by atoms with Gasteiger partial charge in [0.2, 0.25) is 0 Å². The van der Waals surface area contributed by atoms with Gasteiger partial charge < -0.3 is 9.67 Å². The molecule has 2 heterocycles. The van der Waals surface area contributed by atoms with Gasteiger partial charge in [0.1, 0.15) is 0 Å². The van der Waals surface area contributed by atoms with Crippen molar-refractivity contribution in [2.24, 2.45) is 0 Å². The van der Waals surface area contributed by atoms with E-state index in [1.165, 1.54) is 18.5 Å². The van der Waals surface area contributed by atoms with Gasteiger partial charge >= 0.3 is 0 Å². The van der Waals surface area contributed by atoms with Gasteiger partial charge in [0.05, 0.1) is 17.6 Å². The molecule has 2 aliphatic rings. The van der Waals surface area contributed by atoms with Crippen molar-refractivity contribution in [2.45, 2.75) is 38.0 Å². The number of aliphatic hydroxyl groups is 1. The number of likely N-dealkylation sites (tertiary alicyclic amines) is 1. The van der Waals surface area contributed by atoms with Crippen molar-refractivity contribution in [3.05, 3.63) is 18.2 Å². The van der Waals surface area contributed by atoms with E-state index in [9.17, 15) is 5.11 Å². The van der Waals surface area contributed by atoms with Gasteiger partial charge in [-0.05, 0) is 19.8 Å². The molecule has 1 aliphatic heterocycles. The van der Waals surface area contributed by atoms with Crippen LogP contribution in [0.3, 0.4) is 0 Å². The van der Waals surface area contributed by atoms with Crippen LogP contribution in [0.2, 0.25) is 0 Å². The Kier molecular flexibility index (Phi) is 1.91. The fourth-order valence-corrected chi connectivity index (χ4v) is 2.39. The molecule has 4 nitrogen and oxygen atoms in total. The zero-order valence-corrected chi connectivity index (χ0v) is 9.06. The Morgan fingerprint density at radius 1 is 1.53 bits per heavy atom. The summed E-state index contributed by atoms with van der Waals surface area (Å²) in [4.78, 5) is 6.46. The molecular formula is C11H17N3O. The molecule has 0 unspecified atom stereocenters. The predicted octanol–water partition coefficient (Wildman–Crippen LogP) is 0.785. The molecule has 1 saturated carbocycles. The molecular weight excluding hydrogens is 190 g/mol. The fourth-order valence-electron chi connectivity index (χ4n) is 2.39. The lowest BCUT2D eigenvalue weighted by Gasteiger charge is -2.44. The summed E-state index contributed by atoms with van der Waals surface area (Å²) in [5, 5.41) is 9.64. The molecule has 4 heteroatoms. The Morgan fingerprint density at radius 2 is 2.27 bits per heavy atom. The van der Waals surface area contributed by atoms with Crippen molar-refractivity contribution < 1.29 is 5.11 Å². The van der Waals surface area contributed by atoms with Crippen LogP contribution in [0.5, 0.6) is 0 Å². The summed E-state index contributed by atoms with van der Waals surface area (Å²) < 4.78 is 2.28. The smallest absolute Gasteiger partial charge is 0.0951 e. The van der Waals surface area contributed by atoms with Crippen molar-refractivity contribution >= 4 is 0 Å². The van der Waals surface area contributed by atoms with E-state index in [-0.39, 0.29) is 0 Å². The third-order valence-corrected chi connectivity index (χ3v) is 3.20. The maximum Gasteiger partial charge on any atom is 0.0951 e. The lowest BCUT2D eigenvalue weighted by atomic mass is 9.97. The van der Waals surface area contributed by atoms with Crippen LogP contribution in [0.4, 0.5) is 0 Å². The number of hydrogen-bond donors (Lipinski definition) is 1. The summed E-state index contributed by atoms with van der Waals surface area (Å²) in [6, 6.07) is 0.698. The van der Waals surface area contributed by atoms with E-state index in [2.05, 4.69) is 14.5 Å². The summed E-state index contributed by atoms with van der Waals surface area (Å²) in [5.41, 5.74) is 0.817. The van der Waals surface area contributed by atoms with Crippen molar-refractivity contribution in [2.75, 3.05) is 13.1 Å². The van der Waals surface area contributed by atoms with Crippen LogP contribution in [0.25, 0.3) is 0 Å². The molecule has 2 fully saturated rings.